The Bertz CT molecular complexity index is 62.8. The molecule has 0 saturated heterocycles. The molecule has 0 spiro atoms. The van der Waals surface area contributed by atoms with Crippen LogP contribution in [0.15, 0.2) is 30.4 Å². The van der Waals surface area contributed by atoms with Gasteiger partial charge in [0.1, 0.15) is 0 Å². The molecule has 0 atom stereocenters. The molecule has 0 N–H and O–H groups in total. The van der Waals surface area contributed by atoms with Crippen molar-refractivity contribution in [3.05, 3.63) is 25.4 Å². The van der Waals surface area contributed by atoms with E-state index in [1.807, 2.05) is 27.7 Å². The van der Waals surface area contributed by atoms with Crippen LogP contribution in [0.4, 0.5) is 0 Å². The SMILES string of the molecule is C=CC=NC=C.CC.CC. The van der Waals surface area contributed by atoms with E-state index in [4.69, 9.17) is 0 Å². The van der Waals surface area contributed by atoms with E-state index in [2.05, 4.69) is 18.2 Å². The van der Waals surface area contributed by atoms with Crippen molar-refractivity contribution in [2.75, 3.05) is 0 Å². The van der Waals surface area contributed by atoms with Gasteiger partial charge in [0, 0.05) is 12.4 Å². The lowest BCUT2D eigenvalue weighted by Gasteiger charge is -1.62. The van der Waals surface area contributed by atoms with Crippen LogP contribution in [-0.4, -0.2) is 6.21 Å². The Hall–Kier alpha value is -0.850. The molecule has 0 heterocycles. The molecular weight excluding hydrogens is 122 g/mol. The van der Waals surface area contributed by atoms with Crippen molar-refractivity contribution in [1.29, 1.82) is 0 Å². The first kappa shape index (κ1) is 16.1. The molecule has 10 heavy (non-hydrogen) atoms. The molecule has 0 saturated carbocycles. The maximum atomic E-state index is 3.61. The Labute approximate surface area is 65.2 Å². The lowest BCUT2D eigenvalue weighted by Crippen LogP contribution is -1.52. The molecule has 60 valence electrons. The fourth-order valence-corrected chi connectivity index (χ4v) is 0.122. The van der Waals surface area contributed by atoms with Crippen molar-refractivity contribution in [2.45, 2.75) is 27.7 Å². The molecule has 0 amide bonds. The molecule has 0 aliphatic heterocycles. The number of rotatable bonds is 2. The van der Waals surface area contributed by atoms with Gasteiger partial charge in [-0.3, -0.25) is 4.99 Å². The molecule has 0 radical (unpaired) electrons. The third-order valence-electron chi connectivity index (χ3n) is 0.297. The maximum Gasteiger partial charge on any atom is 0.0261 e. The molecule has 0 bridgehead atoms. The van der Waals surface area contributed by atoms with Gasteiger partial charge in [0.2, 0.25) is 0 Å². The topological polar surface area (TPSA) is 12.4 Å². The van der Waals surface area contributed by atoms with Gasteiger partial charge in [-0.2, -0.15) is 0 Å². The summed E-state index contributed by atoms with van der Waals surface area (Å²) in [7, 11) is 0. The van der Waals surface area contributed by atoms with Gasteiger partial charge in [-0.1, -0.05) is 46.9 Å². The first-order chi connectivity index (χ1) is 4.91. The maximum absolute atomic E-state index is 3.61. The molecule has 1 nitrogen and oxygen atoms in total. The van der Waals surface area contributed by atoms with Gasteiger partial charge in [0.25, 0.3) is 0 Å². The monoisotopic (exact) mass is 141 g/mol. The van der Waals surface area contributed by atoms with Crippen LogP contribution in [0, 0.1) is 0 Å². The van der Waals surface area contributed by atoms with E-state index in [1.165, 1.54) is 6.20 Å². The van der Waals surface area contributed by atoms with Crippen LogP contribution >= 0.6 is 0 Å². The summed E-state index contributed by atoms with van der Waals surface area (Å²) in [6.45, 7) is 14.8. The number of aliphatic imine (C=N–C) groups is 1. The van der Waals surface area contributed by atoms with E-state index in [1.54, 1.807) is 12.3 Å². The van der Waals surface area contributed by atoms with Crippen molar-refractivity contribution in [1.82, 2.24) is 0 Å². The lowest BCUT2D eigenvalue weighted by molar-refractivity contribution is 1.50. The number of nitrogens with zero attached hydrogens (tertiary/aromatic N) is 1. The zero-order chi connectivity index (χ0) is 8.83. The molecule has 0 aromatic carbocycles. The van der Waals surface area contributed by atoms with Crippen molar-refractivity contribution < 1.29 is 0 Å². The molecule has 0 fully saturated rings. The average Bonchev–Trinajstić information content (AvgIpc) is 2.08. The number of allylic oxidation sites excluding steroid dienone is 1. The number of hydrogen-bond acceptors (Lipinski definition) is 1. The highest BCUT2D eigenvalue weighted by atomic mass is 14.6. The summed E-state index contributed by atoms with van der Waals surface area (Å²) in [5.74, 6) is 0. The minimum absolute atomic E-state index is 1.46. The van der Waals surface area contributed by atoms with Gasteiger partial charge < -0.3 is 0 Å². The molecule has 0 rings (SSSR count). The Kier molecular flexibility index (Phi) is 67.5. The smallest absolute Gasteiger partial charge is 0.0261 e. The summed E-state index contributed by atoms with van der Waals surface area (Å²) in [5, 5.41) is 0. The zero-order valence-electron chi connectivity index (χ0n) is 7.59. The zero-order valence-corrected chi connectivity index (χ0v) is 7.59. The highest BCUT2D eigenvalue weighted by Crippen LogP contribution is 1.61. The van der Waals surface area contributed by atoms with Crippen molar-refractivity contribution in [3.63, 3.8) is 0 Å². The van der Waals surface area contributed by atoms with Crippen LogP contribution in [-0.2, 0) is 0 Å². The van der Waals surface area contributed by atoms with Crippen molar-refractivity contribution in [3.8, 4) is 0 Å². The van der Waals surface area contributed by atoms with E-state index >= 15 is 0 Å². The molecule has 0 unspecified atom stereocenters. The van der Waals surface area contributed by atoms with Gasteiger partial charge in [-0.15, -0.1) is 0 Å². The van der Waals surface area contributed by atoms with E-state index < -0.39 is 0 Å². The first-order valence-corrected chi connectivity index (χ1v) is 3.67. The molecule has 0 aliphatic rings. The predicted octanol–water partition coefficient (Wildman–Crippen LogP) is 3.44. The van der Waals surface area contributed by atoms with Crippen LogP contribution in [0.5, 0.6) is 0 Å². The van der Waals surface area contributed by atoms with E-state index in [0.717, 1.165) is 0 Å². The van der Waals surface area contributed by atoms with Crippen LogP contribution in [0.1, 0.15) is 27.7 Å². The fourth-order valence-electron chi connectivity index (χ4n) is 0.122. The second kappa shape index (κ2) is 42.0. The predicted molar refractivity (Wildman–Crippen MR) is 51.6 cm³/mol. The van der Waals surface area contributed by atoms with Gasteiger partial charge in [0.15, 0.2) is 0 Å². The van der Waals surface area contributed by atoms with Gasteiger partial charge >= 0.3 is 0 Å². The van der Waals surface area contributed by atoms with Crippen LogP contribution in [0.3, 0.4) is 0 Å². The molecule has 0 aromatic heterocycles. The van der Waals surface area contributed by atoms with E-state index in [-0.39, 0.29) is 0 Å². The molecule has 0 aliphatic carbocycles. The van der Waals surface area contributed by atoms with Crippen LogP contribution < -0.4 is 0 Å². The Morgan fingerprint density at radius 1 is 1.00 bits per heavy atom. The molecule has 1 heteroatoms. The molecular formula is C9H19N. The standard InChI is InChI=1S/C5H7N.2C2H6/c1-3-5-6-4-2;2*1-2/h3-5H,1-2H2;2*1-2H3. The second-order valence-corrected chi connectivity index (χ2v) is 0.716. The summed E-state index contributed by atoms with van der Waals surface area (Å²) in [5.41, 5.74) is 0. The minimum atomic E-state index is 1.46. The Morgan fingerprint density at radius 2 is 1.40 bits per heavy atom. The Morgan fingerprint density at radius 3 is 1.50 bits per heavy atom. The highest BCUT2D eigenvalue weighted by Gasteiger charge is 1.47. The summed E-state index contributed by atoms with van der Waals surface area (Å²) >= 11 is 0. The normalized spacial score (nSPS) is 6.40. The van der Waals surface area contributed by atoms with Crippen LogP contribution in [0.2, 0.25) is 0 Å². The summed E-state index contributed by atoms with van der Waals surface area (Å²) in [4.78, 5) is 3.61. The summed E-state index contributed by atoms with van der Waals surface area (Å²) in [6, 6.07) is 0. The highest BCUT2D eigenvalue weighted by molar-refractivity contribution is 5.70. The van der Waals surface area contributed by atoms with Gasteiger partial charge in [0.05, 0.1) is 0 Å². The quantitative estimate of drug-likeness (QED) is 0.522. The van der Waals surface area contributed by atoms with Gasteiger partial charge in [-0.25, -0.2) is 0 Å². The van der Waals surface area contributed by atoms with Crippen molar-refractivity contribution >= 4 is 6.21 Å². The summed E-state index contributed by atoms with van der Waals surface area (Å²) < 4.78 is 0. The third-order valence-corrected chi connectivity index (χ3v) is 0.297. The minimum Gasteiger partial charge on any atom is -0.265 e. The average molecular weight is 141 g/mol. The third kappa shape index (κ3) is 58.5. The fraction of sp³-hybridized carbons (Fsp3) is 0.444. The first-order valence-electron chi connectivity index (χ1n) is 3.67. The number of hydrogen-bond donors (Lipinski definition) is 0. The van der Waals surface area contributed by atoms with E-state index in [9.17, 15) is 0 Å². The van der Waals surface area contributed by atoms with Crippen LogP contribution in [0.25, 0.3) is 0 Å². The summed E-state index contributed by atoms with van der Waals surface area (Å²) in [6.07, 6.45) is 4.64. The van der Waals surface area contributed by atoms with Crippen molar-refractivity contribution in [2.24, 2.45) is 4.99 Å². The lowest BCUT2D eigenvalue weighted by atomic mass is 10.7. The van der Waals surface area contributed by atoms with E-state index in [0.29, 0.717) is 0 Å². The van der Waals surface area contributed by atoms with Gasteiger partial charge in [-0.05, 0) is 0 Å². The molecule has 0 aromatic rings. The largest absolute Gasteiger partial charge is 0.265 e. The second-order valence-electron chi connectivity index (χ2n) is 0.716. The Balaban J connectivity index is -0.000000105.